The molecule has 0 heterocycles. The Labute approximate surface area is 145 Å². The molecule has 2 aromatic rings. The number of hydrogen-bond donors (Lipinski definition) is 0. The van der Waals surface area contributed by atoms with Crippen LogP contribution >= 0.6 is 34.8 Å². The van der Waals surface area contributed by atoms with Crippen LogP contribution in [0.15, 0.2) is 41.3 Å². The molecule has 22 heavy (non-hydrogen) atoms. The van der Waals surface area contributed by atoms with Gasteiger partial charge in [-0.25, -0.2) is 8.42 Å². The quantitative estimate of drug-likeness (QED) is 0.688. The zero-order valence-corrected chi connectivity index (χ0v) is 15.1. The number of anilines is 1. The summed E-state index contributed by atoms with van der Waals surface area (Å²) in [5.41, 5.74) is 1.54. The van der Waals surface area contributed by atoms with Crippen LogP contribution in [-0.2, 0) is 10.0 Å². The second-order valence-corrected chi connectivity index (χ2v) is 7.76. The smallest absolute Gasteiger partial charge is 0.265 e. The molecule has 118 valence electrons. The lowest BCUT2D eigenvalue weighted by atomic mass is 10.2. The van der Waals surface area contributed by atoms with E-state index in [4.69, 9.17) is 34.8 Å². The van der Waals surface area contributed by atoms with Crippen molar-refractivity contribution in [2.75, 3.05) is 10.8 Å². The average molecular weight is 379 g/mol. The lowest BCUT2D eigenvalue weighted by Crippen LogP contribution is -2.31. The fourth-order valence-corrected chi connectivity index (χ4v) is 4.54. The van der Waals surface area contributed by atoms with Crippen LogP contribution in [0, 0.1) is 6.92 Å². The van der Waals surface area contributed by atoms with Gasteiger partial charge in [-0.2, -0.15) is 0 Å². The van der Waals surface area contributed by atoms with Crippen molar-refractivity contribution in [2.24, 2.45) is 0 Å². The van der Waals surface area contributed by atoms with Gasteiger partial charge in [-0.3, -0.25) is 4.31 Å². The summed E-state index contributed by atoms with van der Waals surface area (Å²) in [6.07, 6.45) is 0. The molecule has 0 aromatic heterocycles. The molecule has 0 fully saturated rings. The third-order valence-corrected chi connectivity index (χ3v) is 6.21. The van der Waals surface area contributed by atoms with Gasteiger partial charge in [-0.05, 0) is 43.7 Å². The second kappa shape index (κ2) is 6.67. The topological polar surface area (TPSA) is 37.4 Å². The molecule has 0 spiro atoms. The Morgan fingerprint density at radius 1 is 1.00 bits per heavy atom. The number of nitrogens with zero attached hydrogens (tertiary/aromatic N) is 1. The summed E-state index contributed by atoms with van der Waals surface area (Å²) in [6, 6.07) is 9.85. The van der Waals surface area contributed by atoms with E-state index in [0.29, 0.717) is 5.69 Å². The molecule has 2 aromatic carbocycles. The van der Waals surface area contributed by atoms with Gasteiger partial charge in [0.1, 0.15) is 4.90 Å². The van der Waals surface area contributed by atoms with Gasteiger partial charge >= 0.3 is 0 Å². The highest BCUT2D eigenvalue weighted by Crippen LogP contribution is 2.34. The normalized spacial score (nSPS) is 11.5. The van der Waals surface area contributed by atoms with Crippen LogP contribution in [0.25, 0.3) is 0 Å². The van der Waals surface area contributed by atoms with Crippen molar-refractivity contribution in [3.63, 3.8) is 0 Å². The van der Waals surface area contributed by atoms with Crippen molar-refractivity contribution >= 4 is 50.5 Å². The van der Waals surface area contributed by atoms with Crippen LogP contribution in [0.1, 0.15) is 12.5 Å². The molecule has 0 saturated heterocycles. The van der Waals surface area contributed by atoms with E-state index in [-0.39, 0.29) is 26.5 Å². The zero-order valence-electron chi connectivity index (χ0n) is 12.0. The van der Waals surface area contributed by atoms with Gasteiger partial charge in [0.05, 0.1) is 20.8 Å². The van der Waals surface area contributed by atoms with Gasteiger partial charge < -0.3 is 0 Å². The second-order valence-electron chi connectivity index (χ2n) is 4.71. The Balaban J connectivity index is 2.59. The summed E-state index contributed by atoms with van der Waals surface area (Å²) >= 11 is 17.9. The number of benzene rings is 2. The van der Waals surface area contributed by atoms with E-state index in [1.54, 1.807) is 25.1 Å². The van der Waals surface area contributed by atoms with E-state index in [2.05, 4.69) is 0 Å². The Bertz CT molecular complexity index is 806. The molecule has 0 unspecified atom stereocenters. The summed E-state index contributed by atoms with van der Waals surface area (Å²) in [5.74, 6) is 0. The first-order valence-corrected chi connectivity index (χ1v) is 9.08. The van der Waals surface area contributed by atoms with Gasteiger partial charge in [0.2, 0.25) is 0 Å². The van der Waals surface area contributed by atoms with Gasteiger partial charge in [0, 0.05) is 6.54 Å². The summed E-state index contributed by atoms with van der Waals surface area (Å²) in [7, 11) is -3.83. The molecule has 0 radical (unpaired) electrons. The summed E-state index contributed by atoms with van der Waals surface area (Å²) in [5, 5.41) is 0.398. The predicted molar refractivity (Wildman–Crippen MR) is 92.9 cm³/mol. The van der Waals surface area contributed by atoms with E-state index in [1.165, 1.54) is 16.4 Å². The molecular weight excluding hydrogens is 365 g/mol. The SMILES string of the molecule is CCN(c1cccc(C)c1)S(=O)(=O)c1cc(Cl)c(Cl)cc1Cl. The molecular formula is C15H14Cl3NO2S. The third kappa shape index (κ3) is 3.35. The van der Waals surface area contributed by atoms with E-state index < -0.39 is 10.0 Å². The molecule has 0 bridgehead atoms. The maximum absolute atomic E-state index is 12.9. The van der Waals surface area contributed by atoms with Crippen molar-refractivity contribution < 1.29 is 8.42 Å². The third-order valence-electron chi connectivity index (χ3n) is 3.12. The zero-order chi connectivity index (χ0) is 16.5. The molecule has 0 N–H and O–H groups in total. The van der Waals surface area contributed by atoms with Crippen molar-refractivity contribution in [2.45, 2.75) is 18.7 Å². The maximum Gasteiger partial charge on any atom is 0.265 e. The van der Waals surface area contributed by atoms with Gasteiger partial charge in [-0.15, -0.1) is 0 Å². The van der Waals surface area contributed by atoms with Crippen molar-refractivity contribution in [3.05, 3.63) is 57.0 Å². The molecule has 0 aliphatic heterocycles. The molecule has 0 atom stereocenters. The highest BCUT2D eigenvalue weighted by atomic mass is 35.5. The van der Waals surface area contributed by atoms with E-state index in [9.17, 15) is 8.42 Å². The Hall–Kier alpha value is -0.940. The number of hydrogen-bond acceptors (Lipinski definition) is 2. The van der Waals surface area contributed by atoms with Crippen LogP contribution in [0.3, 0.4) is 0 Å². The molecule has 0 saturated carbocycles. The number of rotatable bonds is 4. The molecule has 3 nitrogen and oxygen atoms in total. The first-order valence-electron chi connectivity index (χ1n) is 6.51. The van der Waals surface area contributed by atoms with E-state index >= 15 is 0 Å². The minimum atomic E-state index is -3.83. The summed E-state index contributed by atoms with van der Waals surface area (Å²) < 4.78 is 27.1. The van der Waals surface area contributed by atoms with Crippen molar-refractivity contribution in [1.82, 2.24) is 0 Å². The molecule has 0 aliphatic rings. The van der Waals surface area contributed by atoms with Crippen molar-refractivity contribution in [3.8, 4) is 0 Å². The number of halogens is 3. The molecule has 0 amide bonds. The van der Waals surface area contributed by atoms with Crippen LogP contribution in [-0.4, -0.2) is 15.0 Å². The highest BCUT2D eigenvalue weighted by Gasteiger charge is 2.27. The lowest BCUT2D eigenvalue weighted by molar-refractivity contribution is 0.592. The summed E-state index contributed by atoms with van der Waals surface area (Å²) in [4.78, 5) is -0.0630. The minimum absolute atomic E-state index is 0.0421. The first kappa shape index (κ1) is 17.4. The molecule has 7 heteroatoms. The van der Waals surface area contributed by atoms with Crippen LogP contribution in [0.5, 0.6) is 0 Å². The minimum Gasteiger partial charge on any atom is -0.267 e. The van der Waals surface area contributed by atoms with Crippen LogP contribution in [0.2, 0.25) is 15.1 Å². The number of sulfonamides is 1. The lowest BCUT2D eigenvalue weighted by Gasteiger charge is -2.24. The van der Waals surface area contributed by atoms with Crippen LogP contribution < -0.4 is 4.31 Å². The molecule has 0 aliphatic carbocycles. The Morgan fingerprint density at radius 3 is 2.23 bits per heavy atom. The van der Waals surface area contributed by atoms with Gasteiger partial charge in [0.25, 0.3) is 10.0 Å². The average Bonchev–Trinajstić information content (AvgIpc) is 2.43. The standard InChI is InChI=1S/C15H14Cl3NO2S/c1-3-19(11-6-4-5-10(2)7-11)22(20,21)15-9-13(17)12(16)8-14(15)18/h4-9H,3H2,1-2H3. The number of aryl methyl sites for hydroxylation is 1. The monoisotopic (exact) mass is 377 g/mol. The Kier molecular flexibility index (Phi) is 5.28. The summed E-state index contributed by atoms with van der Waals surface area (Å²) in [6.45, 7) is 3.92. The first-order chi connectivity index (χ1) is 10.3. The van der Waals surface area contributed by atoms with Gasteiger partial charge in [0.15, 0.2) is 0 Å². The molecule has 2 rings (SSSR count). The fraction of sp³-hybridized carbons (Fsp3) is 0.200. The maximum atomic E-state index is 12.9. The fourth-order valence-electron chi connectivity index (χ4n) is 2.10. The highest BCUT2D eigenvalue weighted by molar-refractivity contribution is 7.93. The van der Waals surface area contributed by atoms with E-state index in [0.717, 1.165) is 5.56 Å². The Morgan fingerprint density at radius 2 is 1.64 bits per heavy atom. The predicted octanol–water partition coefficient (Wildman–Crippen LogP) is 5.17. The van der Waals surface area contributed by atoms with Gasteiger partial charge in [-0.1, -0.05) is 46.9 Å². The van der Waals surface area contributed by atoms with Crippen molar-refractivity contribution in [1.29, 1.82) is 0 Å². The van der Waals surface area contributed by atoms with Crippen LogP contribution in [0.4, 0.5) is 5.69 Å². The largest absolute Gasteiger partial charge is 0.267 e. The van der Waals surface area contributed by atoms with E-state index in [1.807, 2.05) is 13.0 Å².